The largest absolute Gasteiger partial charge is 0.322 e. The summed E-state index contributed by atoms with van der Waals surface area (Å²) in [5, 5.41) is 5.16. The van der Waals surface area contributed by atoms with Crippen LogP contribution in [0.15, 0.2) is 53.2 Å². The molecule has 2 nitrogen and oxygen atoms in total. The van der Waals surface area contributed by atoms with Crippen molar-refractivity contribution in [3.8, 4) is 10.6 Å². The monoisotopic (exact) mass is 286 g/mol. The lowest BCUT2D eigenvalue weighted by atomic mass is 10.1. The van der Waals surface area contributed by atoms with Gasteiger partial charge in [0.25, 0.3) is 0 Å². The van der Waals surface area contributed by atoms with Gasteiger partial charge in [-0.15, -0.1) is 22.7 Å². The molecule has 0 saturated carbocycles. The average Bonchev–Trinajstić information content (AvgIpc) is 3.11. The Labute approximate surface area is 120 Å². The number of thiophene rings is 1. The van der Waals surface area contributed by atoms with Crippen molar-refractivity contribution in [1.82, 2.24) is 4.98 Å². The molecule has 0 amide bonds. The fourth-order valence-corrected chi connectivity index (χ4v) is 3.53. The highest BCUT2D eigenvalue weighted by atomic mass is 32.1. The molecule has 0 aliphatic carbocycles. The van der Waals surface area contributed by atoms with Gasteiger partial charge in [-0.05, 0) is 23.4 Å². The van der Waals surface area contributed by atoms with Crippen LogP contribution in [0.1, 0.15) is 16.6 Å². The smallest absolute Gasteiger partial charge is 0.110 e. The SMILES string of the molecule is NC(Cc1ccccc1)c1nc(-c2cccs2)cs1. The summed E-state index contributed by atoms with van der Waals surface area (Å²) in [6, 6.07) is 14.4. The first-order valence-corrected chi connectivity index (χ1v) is 7.87. The number of benzene rings is 1. The topological polar surface area (TPSA) is 38.9 Å². The number of nitrogens with zero attached hydrogens (tertiary/aromatic N) is 1. The molecule has 0 aliphatic heterocycles. The molecule has 0 aliphatic rings. The van der Waals surface area contributed by atoms with Gasteiger partial charge in [0.15, 0.2) is 0 Å². The van der Waals surface area contributed by atoms with Crippen molar-refractivity contribution >= 4 is 22.7 Å². The molecule has 0 bridgehead atoms. The minimum Gasteiger partial charge on any atom is -0.322 e. The van der Waals surface area contributed by atoms with Gasteiger partial charge in [0, 0.05) is 5.38 Å². The zero-order chi connectivity index (χ0) is 13.1. The van der Waals surface area contributed by atoms with Crippen LogP contribution >= 0.6 is 22.7 Å². The lowest BCUT2D eigenvalue weighted by molar-refractivity contribution is 0.716. The van der Waals surface area contributed by atoms with Gasteiger partial charge in [0.1, 0.15) is 5.01 Å². The molecule has 4 heteroatoms. The molecule has 0 saturated heterocycles. The molecule has 1 unspecified atom stereocenters. The molecule has 1 aromatic carbocycles. The van der Waals surface area contributed by atoms with E-state index in [0.717, 1.165) is 17.1 Å². The summed E-state index contributed by atoms with van der Waals surface area (Å²) in [7, 11) is 0. The van der Waals surface area contributed by atoms with Gasteiger partial charge in [-0.25, -0.2) is 4.98 Å². The highest BCUT2D eigenvalue weighted by Gasteiger charge is 2.12. The first-order chi connectivity index (χ1) is 9.33. The van der Waals surface area contributed by atoms with Crippen LogP contribution in [0.2, 0.25) is 0 Å². The van der Waals surface area contributed by atoms with E-state index < -0.39 is 0 Å². The predicted molar refractivity (Wildman–Crippen MR) is 82.5 cm³/mol. The Morgan fingerprint density at radius 3 is 2.63 bits per heavy atom. The third-order valence-corrected chi connectivity index (χ3v) is 4.78. The normalized spacial score (nSPS) is 12.5. The van der Waals surface area contributed by atoms with Crippen molar-refractivity contribution in [2.75, 3.05) is 0 Å². The van der Waals surface area contributed by atoms with E-state index in [9.17, 15) is 0 Å². The highest BCUT2D eigenvalue weighted by molar-refractivity contribution is 7.14. The van der Waals surface area contributed by atoms with Crippen molar-refractivity contribution in [2.24, 2.45) is 5.73 Å². The van der Waals surface area contributed by atoms with E-state index in [2.05, 4.69) is 33.9 Å². The van der Waals surface area contributed by atoms with Gasteiger partial charge in [0.05, 0.1) is 16.6 Å². The van der Waals surface area contributed by atoms with Gasteiger partial charge in [0.2, 0.25) is 0 Å². The van der Waals surface area contributed by atoms with Gasteiger partial charge in [-0.1, -0.05) is 36.4 Å². The summed E-state index contributed by atoms with van der Waals surface area (Å²) in [6.07, 6.45) is 0.832. The number of hydrogen-bond donors (Lipinski definition) is 1. The fourth-order valence-electron chi connectivity index (χ4n) is 1.95. The van der Waals surface area contributed by atoms with Crippen LogP contribution in [-0.4, -0.2) is 4.98 Å². The second-order valence-electron chi connectivity index (χ2n) is 4.34. The number of nitrogens with two attached hydrogens (primary N) is 1. The van der Waals surface area contributed by atoms with Gasteiger partial charge in [-0.3, -0.25) is 0 Å². The third-order valence-electron chi connectivity index (χ3n) is 2.91. The summed E-state index contributed by atoms with van der Waals surface area (Å²) < 4.78 is 0. The molecule has 1 atom stereocenters. The average molecular weight is 286 g/mol. The first-order valence-electron chi connectivity index (χ1n) is 6.12. The highest BCUT2D eigenvalue weighted by Crippen LogP contribution is 2.28. The second kappa shape index (κ2) is 5.65. The molecule has 2 N–H and O–H groups in total. The number of thiazole rings is 1. The van der Waals surface area contributed by atoms with E-state index in [1.807, 2.05) is 24.3 Å². The van der Waals surface area contributed by atoms with Gasteiger partial charge < -0.3 is 5.73 Å². The molecule has 2 heterocycles. The lowest BCUT2D eigenvalue weighted by Gasteiger charge is -2.08. The number of hydrogen-bond acceptors (Lipinski definition) is 4. The van der Waals surface area contributed by atoms with Crippen LogP contribution in [0.25, 0.3) is 10.6 Å². The summed E-state index contributed by atoms with van der Waals surface area (Å²) in [6.45, 7) is 0. The summed E-state index contributed by atoms with van der Waals surface area (Å²) in [5.41, 5.74) is 8.54. The van der Waals surface area contributed by atoms with Crippen LogP contribution < -0.4 is 5.73 Å². The van der Waals surface area contributed by atoms with Crippen molar-refractivity contribution < 1.29 is 0 Å². The van der Waals surface area contributed by atoms with Gasteiger partial charge >= 0.3 is 0 Å². The molecule has 3 rings (SSSR count). The minimum absolute atomic E-state index is 0.0267. The minimum atomic E-state index is -0.0267. The molecule has 2 aromatic heterocycles. The molecular formula is C15H14N2S2. The number of aromatic nitrogens is 1. The van der Waals surface area contributed by atoms with Crippen molar-refractivity contribution in [3.63, 3.8) is 0 Å². The van der Waals surface area contributed by atoms with Crippen molar-refractivity contribution in [3.05, 3.63) is 63.8 Å². The van der Waals surface area contributed by atoms with Crippen LogP contribution in [0.4, 0.5) is 0 Å². The molecule has 0 radical (unpaired) electrons. The summed E-state index contributed by atoms with van der Waals surface area (Å²) >= 11 is 3.35. The summed E-state index contributed by atoms with van der Waals surface area (Å²) in [4.78, 5) is 5.86. The Morgan fingerprint density at radius 1 is 1.05 bits per heavy atom. The molecule has 96 valence electrons. The Balaban J connectivity index is 1.76. The molecule has 3 aromatic rings. The second-order valence-corrected chi connectivity index (χ2v) is 6.18. The van der Waals surface area contributed by atoms with Gasteiger partial charge in [-0.2, -0.15) is 0 Å². The van der Waals surface area contributed by atoms with E-state index in [1.54, 1.807) is 22.7 Å². The fraction of sp³-hybridized carbons (Fsp3) is 0.133. The zero-order valence-corrected chi connectivity index (χ0v) is 12.0. The van der Waals surface area contributed by atoms with E-state index >= 15 is 0 Å². The number of rotatable bonds is 4. The third kappa shape index (κ3) is 2.92. The Bertz CT molecular complexity index is 629. The lowest BCUT2D eigenvalue weighted by Crippen LogP contribution is -2.12. The zero-order valence-electron chi connectivity index (χ0n) is 10.3. The standard InChI is InChI=1S/C15H14N2S2/c16-12(9-11-5-2-1-3-6-11)15-17-13(10-19-15)14-7-4-8-18-14/h1-8,10,12H,9,16H2. The van der Waals surface area contributed by atoms with Crippen LogP contribution in [-0.2, 0) is 6.42 Å². The molecule has 0 spiro atoms. The van der Waals surface area contributed by atoms with Crippen molar-refractivity contribution in [1.29, 1.82) is 0 Å². The maximum atomic E-state index is 6.25. The maximum absolute atomic E-state index is 6.25. The van der Waals surface area contributed by atoms with Crippen molar-refractivity contribution in [2.45, 2.75) is 12.5 Å². The molecule has 0 fully saturated rings. The van der Waals surface area contributed by atoms with Crippen LogP contribution in [0, 0.1) is 0 Å². The Kier molecular flexibility index (Phi) is 3.73. The molecular weight excluding hydrogens is 272 g/mol. The van der Waals surface area contributed by atoms with E-state index in [1.165, 1.54) is 10.4 Å². The summed E-state index contributed by atoms with van der Waals surface area (Å²) in [5.74, 6) is 0. The Hall–Kier alpha value is -1.49. The van der Waals surface area contributed by atoms with Crippen LogP contribution in [0.3, 0.4) is 0 Å². The predicted octanol–water partition coefficient (Wildman–Crippen LogP) is 4.11. The maximum Gasteiger partial charge on any atom is 0.110 e. The van der Waals surface area contributed by atoms with E-state index in [4.69, 9.17) is 5.73 Å². The van der Waals surface area contributed by atoms with E-state index in [0.29, 0.717) is 0 Å². The quantitative estimate of drug-likeness (QED) is 0.783. The first kappa shape index (κ1) is 12.5. The molecule has 19 heavy (non-hydrogen) atoms. The van der Waals surface area contributed by atoms with E-state index in [-0.39, 0.29) is 6.04 Å². The van der Waals surface area contributed by atoms with Crippen LogP contribution in [0.5, 0.6) is 0 Å². The Morgan fingerprint density at radius 2 is 1.89 bits per heavy atom.